The quantitative estimate of drug-likeness (QED) is 0.155. The number of terminal acetylenes is 1. The lowest BCUT2D eigenvalue weighted by Gasteiger charge is -2.21. The smallest absolute Gasteiger partial charge is 0.135 e. The highest BCUT2D eigenvalue weighted by Crippen LogP contribution is 2.31. The standard InChI is InChI=1S/C35H46O3/c1-5-33(36)19-15-11-10-14-18-31(35(38)6-2)23-27(3)20-21-34(37)26-29-22-28(4)24-32(25-29)30-16-12-8-7-9-13-17-30/h1,7-8,13,15-17,19,22,25,27-28,31,33-34,36-37H,6,9-12,14,18,23-24,26H2,2-4H3/b8-7?,17-13-,19-15+,30-16+/t27?,28?,31-,33?,34?/m1/s1. The molecule has 2 rings (SSSR count). The minimum atomic E-state index is -0.826. The number of aliphatic hydroxyl groups is 2. The maximum atomic E-state index is 12.5. The summed E-state index contributed by atoms with van der Waals surface area (Å²) in [5.74, 6) is 9.29. The number of Topliss-reactive ketones (excluding diaryl/α,β-unsaturated/α-hetero) is 1. The van der Waals surface area contributed by atoms with Crippen LogP contribution in [0.3, 0.4) is 0 Å². The Hall–Kier alpha value is -2.85. The van der Waals surface area contributed by atoms with Gasteiger partial charge in [0, 0.05) is 24.7 Å². The molecule has 3 heteroatoms. The molecule has 3 nitrogen and oxygen atoms in total. The zero-order valence-electron chi connectivity index (χ0n) is 23.5. The lowest BCUT2D eigenvalue weighted by molar-refractivity contribution is -0.123. The monoisotopic (exact) mass is 514 g/mol. The number of hydrogen-bond donors (Lipinski definition) is 2. The van der Waals surface area contributed by atoms with E-state index in [1.807, 2.05) is 19.9 Å². The molecule has 5 atom stereocenters. The van der Waals surface area contributed by atoms with E-state index in [2.05, 4.69) is 67.2 Å². The predicted molar refractivity (Wildman–Crippen MR) is 159 cm³/mol. The maximum absolute atomic E-state index is 12.5. The summed E-state index contributed by atoms with van der Waals surface area (Å²) in [6, 6.07) is 0. The van der Waals surface area contributed by atoms with E-state index in [1.165, 1.54) is 11.1 Å². The van der Waals surface area contributed by atoms with E-state index < -0.39 is 12.2 Å². The number of unbranched alkanes of at least 4 members (excludes halogenated alkanes) is 2. The summed E-state index contributed by atoms with van der Waals surface area (Å²) < 4.78 is 0. The Morgan fingerprint density at radius 3 is 2.74 bits per heavy atom. The Kier molecular flexibility index (Phi) is 14.5. The minimum absolute atomic E-state index is 0.00550. The average molecular weight is 515 g/mol. The van der Waals surface area contributed by atoms with Crippen LogP contribution in [0.25, 0.3) is 0 Å². The second-order valence-electron chi connectivity index (χ2n) is 10.6. The van der Waals surface area contributed by atoms with Gasteiger partial charge in [-0.2, -0.15) is 0 Å². The summed E-state index contributed by atoms with van der Waals surface area (Å²) in [6.45, 7) is 6.18. The summed E-state index contributed by atoms with van der Waals surface area (Å²) in [5, 5.41) is 20.1. The third-order valence-electron chi connectivity index (χ3n) is 7.01. The van der Waals surface area contributed by atoms with Crippen molar-refractivity contribution in [3.8, 4) is 24.2 Å². The van der Waals surface area contributed by atoms with Gasteiger partial charge in [0.15, 0.2) is 0 Å². The SMILES string of the molecule is C#CC(O)/C=C/CCCC[C@H](CC(C)C#CC(O)CC1=CC(C)CC(C2=C/CC=CC/C=C\2)=C1)C(=O)CC. The molecule has 204 valence electrons. The topological polar surface area (TPSA) is 57.5 Å². The Balaban J connectivity index is 1.91. The fraction of sp³-hybridized carbons (Fsp3) is 0.514. The Labute approximate surface area is 231 Å². The molecule has 2 aliphatic rings. The van der Waals surface area contributed by atoms with Gasteiger partial charge in [-0.05, 0) is 73.7 Å². The van der Waals surface area contributed by atoms with Crippen molar-refractivity contribution in [2.45, 2.75) is 97.2 Å². The van der Waals surface area contributed by atoms with Gasteiger partial charge < -0.3 is 10.2 Å². The number of carbonyl (C=O) groups excluding carboxylic acids is 1. The van der Waals surface area contributed by atoms with E-state index in [1.54, 1.807) is 6.08 Å². The molecule has 0 aliphatic heterocycles. The molecule has 0 fully saturated rings. The van der Waals surface area contributed by atoms with Gasteiger partial charge in [-0.3, -0.25) is 4.79 Å². The summed E-state index contributed by atoms with van der Waals surface area (Å²) in [7, 11) is 0. The summed E-state index contributed by atoms with van der Waals surface area (Å²) in [4.78, 5) is 12.5. The molecule has 0 saturated carbocycles. The first-order valence-corrected chi connectivity index (χ1v) is 14.3. The molecule has 38 heavy (non-hydrogen) atoms. The molecular weight excluding hydrogens is 468 g/mol. The molecule has 0 saturated heterocycles. The number of rotatable bonds is 13. The van der Waals surface area contributed by atoms with Crippen LogP contribution in [0.4, 0.5) is 0 Å². The van der Waals surface area contributed by atoms with Crippen molar-refractivity contribution in [2.75, 3.05) is 0 Å². The first-order valence-electron chi connectivity index (χ1n) is 14.3. The zero-order valence-corrected chi connectivity index (χ0v) is 23.5. The van der Waals surface area contributed by atoms with Gasteiger partial charge in [0.1, 0.15) is 18.0 Å². The molecule has 0 spiro atoms. The fourth-order valence-electron chi connectivity index (χ4n) is 5.03. The van der Waals surface area contributed by atoms with Crippen LogP contribution < -0.4 is 0 Å². The third kappa shape index (κ3) is 12.1. The molecule has 0 bridgehead atoms. The van der Waals surface area contributed by atoms with Crippen LogP contribution in [-0.4, -0.2) is 28.2 Å². The van der Waals surface area contributed by atoms with Crippen LogP contribution in [0.2, 0.25) is 0 Å². The van der Waals surface area contributed by atoms with E-state index in [4.69, 9.17) is 6.42 Å². The van der Waals surface area contributed by atoms with Crippen LogP contribution in [0.5, 0.6) is 0 Å². The normalized spacial score (nSPS) is 22.7. The fourth-order valence-corrected chi connectivity index (χ4v) is 5.03. The van der Waals surface area contributed by atoms with Crippen molar-refractivity contribution in [2.24, 2.45) is 17.8 Å². The van der Waals surface area contributed by atoms with E-state index in [9.17, 15) is 15.0 Å². The largest absolute Gasteiger partial charge is 0.380 e. The molecule has 4 unspecified atom stereocenters. The molecular formula is C35H46O3. The van der Waals surface area contributed by atoms with Gasteiger partial charge in [-0.1, -0.05) is 93.6 Å². The summed E-state index contributed by atoms with van der Waals surface area (Å²) in [5.41, 5.74) is 3.76. The maximum Gasteiger partial charge on any atom is 0.135 e. The van der Waals surface area contributed by atoms with Crippen molar-refractivity contribution < 1.29 is 15.0 Å². The zero-order chi connectivity index (χ0) is 27.8. The summed E-state index contributed by atoms with van der Waals surface area (Å²) >= 11 is 0. The van der Waals surface area contributed by atoms with Gasteiger partial charge in [0.2, 0.25) is 0 Å². The average Bonchev–Trinajstić information content (AvgIpc) is 2.87. The van der Waals surface area contributed by atoms with Crippen molar-refractivity contribution in [3.05, 3.63) is 71.4 Å². The number of allylic oxidation sites excluding steroid dienone is 10. The second kappa shape index (κ2) is 17.6. The van der Waals surface area contributed by atoms with Crippen LogP contribution in [-0.2, 0) is 4.79 Å². The first kappa shape index (κ1) is 31.4. The first-order chi connectivity index (χ1) is 18.3. The highest BCUT2D eigenvalue weighted by atomic mass is 16.3. The van der Waals surface area contributed by atoms with Crippen molar-refractivity contribution in [1.29, 1.82) is 0 Å². The molecule has 0 aromatic rings. The van der Waals surface area contributed by atoms with E-state index in [-0.39, 0.29) is 17.6 Å². The molecule has 0 amide bonds. The molecule has 2 aliphatic carbocycles. The highest BCUT2D eigenvalue weighted by Gasteiger charge is 2.19. The Morgan fingerprint density at radius 1 is 1.18 bits per heavy atom. The van der Waals surface area contributed by atoms with Crippen LogP contribution in [0.15, 0.2) is 71.4 Å². The number of carbonyl (C=O) groups is 1. The van der Waals surface area contributed by atoms with Gasteiger partial charge >= 0.3 is 0 Å². The van der Waals surface area contributed by atoms with Gasteiger partial charge in [-0.25, -0.2) is 0 Å². The number of hydrogen-bond acceptors (Lipinski definition) is 3. The molecule has 0 aromatic heterocycles. The van der Waals surface area contributed by atoms with Gasteiger partial charge in [0.25, 0.3) is 0 Å². The molecule has 2 N–H and O–H groups in total. The molecule has 0 aromatic carbocycles. The van der Waals surface area contributed by atoms with Crippen LogP contribution >= 0.6 is 0 Å². The molecule has 0 radical (unpaired) electrons. The Bertz CT molecular complexity index is 1050. The lowest BCUT2D eigenvalue weighted by Crippen LogP contribution is -2.16. The predicted octanol–water partition coefficient (Wildman–Crippen LogP) is 7.20. The van der Waals surface area contributed by atoms with Crippen LogP contribution in [0.1, 0.15) is 85.0 Å². The van der Waals surface area contributed by atoms with Gasteiger partial charge in [0.05, 0.1) is 0 Å². The Morgan fingerprint density at radius 2 is 1.97 bits per heavy atom. The number of aliphatic hydroxyl groups excluding tert-OH is 2. The van der Waals surface area contributed by atoms with Crippen LogP contribution in [0, 0.1) is 41.9 Å². The highest BCUT2D eigenvalue weighted by molar-refractivity contribution is 5.80. The second-order valence-corrected chi connectivity index (χ2v) is 10.6. The van der Waals surface area contributed by atoms with Crippen molar-refractivity contribution >= 4 is 5.78 Å². The minimum Gasteiger partial charge on any atom is -0.380 e. The van der Waals surface area contributed by atoms with Gasteiger partial charge in [-0.15, -0.1) is 6.42 Å². The van der Waals surface area contributed by atoms with Crippen molar-refractivity contribution in [1.82, 2.24) is 0 Å². The third-order valence-corrected chi connectivity index (χ3v) is 7.01. The summed E-state index contributed by atoms with van der Waals surface area (Å²) in [6.07, 6.45) is 31.0. The van der Waals surface area contributed by atoms with E-state index in [0.29, 0.717) is 18.8 Å². The molecule has 0 heterocycles. The van der Waals surface area contributed by atoms with E-state index in [0.717, 1.165) is 56.9 Å². The van der Waals surface area contributed by atoms with Crippen molar-refractivity contribution in [3.63, 3.8) is 0 Å². The van der Waals surface area contributed by atoms with E-state index >= 15 is 0 Å². The lowest BCUT2D eigenvalue weighted by atomic mass is 9.85. The number of ketones is 1.